The molecule has 19 heavy (non-hydrogen) atoms. The molecule has 0 spiro atoms. The largest absolute Gasteiger partial charge is 0.490 e. The number of rotatable bonds is 7. The predicted molar refractivity (Wildman–Crippen MR) is 73.3 cm³/mol. The standard InChI is InChI=1S/C14H21NO4/c1-10(2)9-18-6-7-19-13-5-4-11(15)8-12(13)14(16)17-3/h4-5,8,10H,6-7,9,15H2,1-3H3. The van der Waals surface area contributed by atoms with Crippen LogP contribution in [0.1, 0.15) is 24.2 Å². The van der Waals surface area contributed by atoms with Crippen molar-refractivity contribution in [2.24, 2.45) is 5.92 Å². The Bertz CT molecular complexity index is 418. The molecule has 0 unspecified atom stereocenters. The summed E-state index contributed by atoms with van der Waals surface area (Å²) in [7, 11) is 1.32. The van der Waals surface area contributed by atoms with Gasteiger partial charge in [0.1, 0.15) is 17.9 Å². The van der Waals surface area contributed by atoms with Crippen LogP contribution in [0.2, 0.25) is 0 Å². The van der Waals surface area contributed by atoms with E-state index in [2.05, 4.69) is 18.6 Å². The summed E-state index contributed by atoms with van der Waals surface area (Å²) in [5.41, 5.74) is 6.46. The number of hydrogen-bond donors (Lipinski definition) is 1. The summed E-state index contributed by atoms with van der Waals surface area (Å²) < 4.78 is 15.6. The maximum absolute atomic E-state index is 11.6. The fraction of sp³-hybridized carbons (Fsp3) is 0.500. The topological polar surface area (TPSA) is 70.8 Å². The van der Waals surface area contributed by atoms with E-state index in [-0.39, 0.29) is 0 Å². The number of esters is 1. The molecule has 0 aromatic heterocycles. The lowest BCUT2D eigenvalue weighted by Crippen LogP contribution is -2.12. The third kappa shape index (κ3) is 5.18. The monoisotopic (exact) mass is 267 g/mol. The summed E-state index contributed by atoms with van der Waals surface area (Å²) in [6.45, 7) is 5.70. The molecule has 0 aliphatic rings. The Hall–Kier alpha value is -1.75. The fourth-order valence-electron chi connectivity index (χ4n) is 1.47. The van der Waals surface area contributed by atoms with Crippen LogP contribution in [0.15, 0.2) is 18.2 Å². The van der Waals surface area contributed by atoms with Crippen LogP contribution in [0.4, 0.5) is 5.69 Å². The van der Waals surface area contributed by atoms with Gasteiger partial charge in [-0.25, -0.2) is 4.79 Å². The molecule has 0 amide bonds. The Kier molecular flexibility index (Phi) is 6.15. The summed E-state index contributed by atoms with van der Waals surface area (Å²) in [5, 5.41) is 0. The Morgan fingerprint density at radius 2 is 2.05 bits per heavy atom. The van der Waals surface area contributed by atoms with Crippen molar-refractivity contribution in [1.29, 1.82) is 0 Å². The molecular weight excluding hydrogens is 246 g/mol. The molecule has 106 valence electrons. The van der Waals surface area contributed by atoms with Gasteiger partial charge < -0.3 is 19.9 Å². The summed E-state index contributed by atoms with van der Waals surface area (Å²) in [6.07, 6.45) is 0. The zero-order valence-electron chi connectivity index (χ0n) is 11.6. The number of methoxy groups -OCH3 is 1. The average Bonchev–Trinajstić information content (AvgIpc) is 2.38. The van der Waals surface area contributed by atoms with Crippen LogP contribution in [0.5, 0.6) is 5.75 Å². The minimum atomic E-state index is -0.467. The first-order valence-electron chi connectivity index (χ1n) is 6.23. The van der Waals surface area contributed by atoms with Gasteiger partial charge in [-0.3, -0.25) is 0 Å². The molecule has 0 atom stereocenters. The first-order chi connectivity index (χ1) is 9.04. The van der Waals surface area contributed by atoms with Gasteiger partial charge in [0, 0.05) is 12.3 Å². The van der Waals surface area contributed by atoms with Gasteiger partial charge in [-0.15, -0.1) is 0 Å². The van der Waals surface area contributed by atoms with E-state index in [4.69, 9.17) is 15.2 Å². The quantitative estimate of drug-likeness (QED) is 0.465. The minimum Gasteiger partial charge on any atom is -0.490 e. The number of nitrogen functional groups attached to an aromatic ring is 1. The average molecular weight is 267 g/mol. The zero-order chi connectivity index (χ0) is 14.3. The van der Waals surface area contributed by atoms with Gasteiger partial charge in [-0.1, -0.05) is 13.8 Å². The van der Waals surface area contributed by atoms with Crippen LogP contribution in [-0.4, -0.2) is 32.9 Å². The Balaban J connectivity index is 2.55. The highest BCUT2D eigenvalue weighted by Gasteiger charge is 2.13. The molecule has 0 fully saturated rings. The Labute approximate surface area is 113 Å². The van der Waals surface area contributed by atoms with Crippen LogP contribution in [0, 0.1) is 5.92 Å². The minimum absolute atomic E-state index is 0.325. The molecule has 2 N–H and O–H groups in total. The number of nitrogens with two attached hydrogens (primary N) is 1. The van der Waals surface area contributed by atoms with E-state index in [0.717, 1.165) is 0 Å². The second-order valence-electron chi connectivity index (χ2n) is 4.56. The molecule has 0 aliphatic carbocycles. The molecule has 1 aromatic carbocycles. The van der Waals surface area contributed by atoms with Crippen LogP contribution >= 0.6 is 0 Å². The van der Waals surface area contributed by atoms with E-state index in [1.165, 1.54) is 13.2 Å². The van der Waals surface area contributed by atoms with Crippen LogP contribution in [0.25, 0.3) is 0 Å². The maximum atomic E-state index is 11.6. The van der Waals surface area contributed by atoms with Gasteiger partial charge in [0.2, 0.25) is 0 Å². The van der Waals surface area contributed by atoms with Crippen molar-refractivity contribution in [2.75, 3.05) is 32.7 Å². The first kappa shape index (κ1) is 15.3. The summed E-state index contributed by atoms with van der Waals surface area (Å²) >= 11 is 0. The van der Waals surface area contributed by atoms with Crippen molar-refractivity contribution >= 4 is 11.7 Å². The number of hydrogen-bond acceptors (Lipinski definition) is 5. The molecule has 5 nitrogen and oxygen atoms in total. The third-order valence-electron chi connectivity index (χ3n) is 2.35. The van der Waals surface area contributed by atoms with E-state index in [9.17, 15) is 4.79 Å². The summed E-state index contributed by atoms with van der Waals surface area (Å²) in [4.78, 5) is 11.6. The van der Waals surface area contributed by atoms with E-state index in [1.807, 2.05) is 0 Å². The molecule has 0 heterocycles. The van der Waals surface area contributed by atoms with E-state index in [1.54, 1.807) is 12.1 Å². The molecule has 0 saturated heterocycles. The van der Waals surface area contributed by atoms with Crippen LogP contribution in [0.3, 0.4) is 0 Å². The van der Waals surface area contributed by atoms with Crippen LogP contribution in [-0.2, 0) is 9.47 Å². The lowest BCUT2D eigenvalue weighted by atomic mass is 10.2. The SMILES string of the molecule is COC(=O)c1cc(N)ccc1OCCOCC(C)C. The van der Waals surface area contributed by atoms with E-state index in [0.29, 0.717) is 42.7 Å². The van der Waals surface area contributed by atoms with Gasteiger partial charge in [0.05, 0.1) is 13.7 Å². The second-order valence-corrected chi connectivity index (χ2v) is 4.56. The lowest BCUT2D eigenvalue weighted by Gasteiger charge is -2.11. The number of anilines is 1. The summed E-state index contributed by atoms with van der Waals surface area (Å²) in [6, 6.07) is 4.87. The first-order valence-corrected chi connectivity index (χ1v) is 6.23. The maximum Gasteiger partial charge on any atom is 0.341 e. The van der Waals surface area contributed by atoms with Gasteiger partial charge >= 0.3 is 5.97 Å². The number of benzene rings is 1. The number of ether oxygens (including phenoxy) is 3. The third-order valence-corrected chi connectivity index (χ3v) is 2.35. The van der Waals surface area contributed by atoms with Crippen molar-refractivity contribution in [3.63, 3.8) is 0 Å². The van der Waals surface area contributed by atoms with Crippen molar-refractivity contribution in [2.45, 2.75) is 13.8 Å². The fourth-order valence-corrected chi connectivity index (χ4v) is 1.47. The number of carbonyl (C=O) groups excluding carboxylic acids is 1. The molecular formula is C14H21NO4. The highest BCUT2D eigenvalue weighted by Crippen LogP contribution is 2.22. The van der Waals surface area contributed by atoms with E-state index >= 15 is 0 Å². The normalized spacial score (nSPS) is 10.5. The van der Waals surface area contributed by atoms with Crippen molar-refractivity contribution in [3.05, 3.63) is 23.8 Å². The molecule has 5 heteroatoms. The smallest absolute Gasteiger partial charge is 0.341 e. The molecule has 0 bridgehead atoms. The highest BCUT2D eigenvalue weighted by atomic mass is 16.5. The molecule has 1 rings (SSSR count). The highest BCUT2D eigenvalue weighted by molar-refractivity contribution is 5.93. The Morgan fingerprint density at radius 3 is 2.68 bits per heavy atom. The zero-order valence-corrected chi connectivity index (χ0v) is 11.6. The van der Waals surface area contributed by atoms with Crippen molar-refractivity contribution < 1.29 is 19.0 Å². The van der Waals surface area contributed by atoms with Crippen molar-refractivity contribution in [1.82, 2.24) is 0 Å². The number of carbonyl (C=O) groups is 1. The van der Waals surface area contributed by atoms with Crippen molar-refractivity contribution in [3.8, 4) is 5.75 Å². The lowest BCUT2D eigenvalue weighted by molar-refractivity contribution is 0.0587. The van der Waals surface area contributed by atoms with Gasteiger partial charge in [-0.05, 0) is 24.1 Å². The molecule has 0 radical (unpaired) electrons. The molecule has 1 aromatic rings. The Morgan fingerprint density at radius 1 is 1.32 bits per heavy atom. The molecule has 0 saturated carbocycles. The second kappa shape index (κ2) is 7.63. The van der Waals surface area contributed by atoms with Gasteiger partial charge in [-0.2, -0.15) is 0 Å². The molecule has 0 aliphatic heterocycles. The predicted octanol–water partition coefficient (Wildman–Crippen LogP) is 2.11. The summed E-state index contributed by atoms with van der Waals surface area (Å²) in [5.74, 6) is 0.474. The van der Waals surface area contributed by atoms with Crippen LogP contribution < -0.4 is 10.5 Å². The van der Waals surface area contributed by atoms with Gasteiger partial charge in [0.15, 0.2) is 0 Å². The van der Waals surface area contributed by atoms with Gasteiger partial charge in [0.25, 0.3) is 0 Å². The van der Waals surface area contributed by atoms with E-state index < -0.39 is 5.97 Å².